The molecule has 3 heterocycles. The number of piperazine rings is 1. The second-order valence-electron chi connectivity index (χ2n) is 15.0. The number of aliphatic imine (C=N–C) groups is 1. The molecule has 1 aromatic carbocycles. The van der Waals surface area contributed by atoms with Gasteiger partial charge in [0.1, 0.15) is 11.6 Å². The Morgan fingerprint density at radius 2 is 1.75 bits per heavy atom. The Morgan fingerprint density at radius 3 is 2.38 bits per heavy atom. The van der Waals surface area contributed by atoms with Crippen LogP contribution in [0, 0.1) is 5.92 Å². The lowest BCUT2D eigenvalue weighted by Crippen LogP contribution is -2.55. The Kier molecular flexibility index (Phi) is 13.4. The van der Waals surface area contributed by atoms with Gasteiger partial charge in [0.05, 0.1) is 30.8 Å². The van der Waals surface area contributed by atoms with Crippen LogP contribution in [0.15, 0.2) is 89.3 Å². The Hall–Kier alpha value is -4.25. The van der Waals surface area contributed by atoms with E-state index in [1.165, 1.54) is 0 Å². The molecular formula is C41H51Cl2N7O3. The van der Waals surface area contributed by atoms with Crippen molar-refractivity contribution in [3.05, 3.63) is 112 Å². The predicted molar refractivity (Wildman–Crippen MR) is 212 cm³/mol. The van der Waals surface area contributed by atoms with Gasteiger partial charge in [-0.3, -0.25) is 29.6 Å². The van der Waals surface area contributed by atoms with Gasteiger partial charge in [0.25, 0.3) is 0 Å². The molecule has 53 heavy (non-hydrogen) atoms. The Labute approximate surface area is 323 Å². The topological polar surface area (TPSA) is 103 Å². The zero-order chi connectivity index (χ0) is 38.2. The molecule has 2 aliphatic rings. The van der Waals surface area contributed by atoms with E-state index in [4.69, 9.17) is 37.9 Å². The van der Waals surface area contributed by atoms with Crippen LogP contribution < -0.4 is 10.1 Å². The lowest BCUT2D eigenvalue weighted by molar-refractivity contribution is -0.122. The maximum absolute atomic E-state index is 14.9. The van der Waals surface area contributed by atoms with Crippen molar-refractivity contribution < 1.29 is 14.3 Å². The van der Waals surface area contributed by atoms with E-state index < -0.39 is 5.54 Å². The molecule has 1 aliphatic carbocycles. The first-order chi connectivity index (χ1) is 25.2. The number of allylic oxidation sites excluding steroid dienone is 3. The van der Waals surface area contributed by atoms with Gasteiger partial charge in [0, 0.05) is 84.5 Å². The van der Waals surface area contributed by atoms with Crippen molar-refractivity contribution >= 4 is 41.0 Å². The lowest BCUT2D eigenvalue weighted by Gasteiger charge is -2.39. The number of halogens is 2. The van der Waals surface area contributed by atoms with Gasteiger partial charge in [-0.05, 0) is 62.6 Å². The van der Waals surface area contributed by atoms with Crippen LogP contribution in [-0.2, 0) is 23.3 Å². The van der Waals surface area contributed by atoms with E-state index >= 15 is 0 Å². The van der Waals surface area contributed by atoms with E-state index in [1.807, 2.05) is 66.4 Å². The summed E-state index contributed by atoms with van der Waals surface area (Å²) in [5.41, 5.74) is 2.46. The standard InChI is InChI=1S/C41H51Cl2N7O3/c1-7-53-35-23-36(40(2,3)4)45-26-34(35)38(47-41(5,6)31-12-16-33(43)17-13-31)50(27-29-10-14-32(42)15-11-29)39(52)49-21-19-48(20-22-49)28-37(51)46-25-30-9-8-18-44-24-30/h8-12,14-18,23-24,26,31H,7,13,19-22,25,27-28H2,1-6H3,(H,46,51)/b47-38-. The van der Waals surface area contributed by atoms with E-state index in [0.29, 0.717) is 73.0 Å². The first-order valence-electron chi connectivity index (χ1n) is 18.2. The van der Waals surface area contributed by atoms with E-state index in [0.717, 1.165) is 16.8 Å². The number of pyridine rings is 2. The highest BCUT2D eigenvalue weighted by molar-refractivity contribution is 6.31. The van der Waals surface area contributed by atoms with Gasteiger partial charge < -0.3 is 15.0 Å². The van der Waals surface area contributed by atoms with Crippen LogP contribution in [0.3, 0.4) is 0 Å². The van der Waals surface area contributed by atoms with Gasteiger partial charge in [-0.25, -0.2) is 4.79 Å². The van der Waals surface area contributed by atoms with Crippen LogP contribution in [0.25, 0.3) is 0 Å². The highest BCUT2D eigenvalue weighted by Gasteiger charge is 2.35. The van der Waals surface area contributed by atoms with Crippen molar-refractivity contribution in [2.45, 2.75) is 72.0 Å². The fourth-order valence-corrected chi connectivity index (χ4v) is 6.55. The Bertz CT molecular complexity index is 1810. The third-order valence-corrected chi connectivity index (χ3v) is 10.0. The fraction of sp³-hybridized carbons (Fsp3) is 0.439. The van der Waals surface area contributed by atoms with Crippen LogP contribution in [0.2, 0.25) is 5.02 Å². The van der Waals surface area contributed by atoms with Crippen LogP contribution in [0.4, 0.5) is 4.79 Å². The van der Waals surface area contributed by atoms with Crippen molar-refractivity contribution in [1.82, 2.24) is 30.0 Å². The summed E-state index contributed by atoms with van der Waals surface area (Å²) >= 11 is 12.6. The van der Waals surface area contributed by atoms with Crippen molar-refractivity contribution in [1.29, 1.82) is 0 Å². The number of urea groups is 1. The van der Waals surface area contributed by atoms with Crippen LogP contribution in [-0.4, -0.2) is 87.3 Å². The quantitative estimate of drug-likeness (QED) is 0.160. The second-order valence-corrected chi connectivity index (χ2v) is 15.9. The number of carbonyl (C=O) groups is 2. The minimum atomic E-state index is -0.646. The average Bonchev–Trinajstić information content (AvgIpc) is 3.13. The van der Waals surface area contributed by atoms with Crippen LogP contribution in [0.1, 0.15) is 70.3 Å². The van der Waals surface area contributed by atoms with Crippen molar-refractivity contribution in [3.8, 4) is 5.75 Å². The number of rotatable bonds is 11. The van der Waals surface area contributed by atoms with Gasteiger partial charge >= 0.3 is 6.03 Å². The highest BCUT2D eigenvalue weighted by Crippen LogP contribution is 2.34. The number of ether oxygens (including phenoxy) is 1. The number of benzene rings is 1. The van der Waals surface area contributed by atoms with Crippen LogP contribution >= 0.6 is 23.2 Å². The van der Waals surface area contributed by atoms with Crippen LogP contribution in [0.5, 0.6) is 5.75 Å². The number of aromatic nitrogens is 2. The average molecular weight is 761 g/mol. The predicted octanol–water partition coefficient (Wildman–Crippen LogP) is 7.61. The maximum Gasteiger partial charge on any atom is 0.326 e. The summed E-state index contributed by atoms with van der Waals surface area (Å²) in [6, 6.07) is 13.0. The molecular weight excluding hydrogens is 709 g/mol. The highest BCUT2D eigenvalue weighted by atomic mass is 35.5. The number of hydrogen-bond acceptors (Lipinski definition) is 7. The third kappa shape index (κ3) is 10.9. The summed E-state index contributed by atoms with van der Waals surface area (Å²) in [6.45, 7) is 15.7. The third-order valence-electron chi connectivity index (χ3n) is 9.49. The monoisotopic (exact) mass is 759 g/mol. The van der Waals surface area contributed by atoms with Crippen molar-refractivity contribution in [2.75, 3.05) is 39.3 Å². The summed E-state index contributed by atoms with van der Waals surface area (Å²) in [5.74, 6) is 1.03. The largest absolute Gasteiger partial charge is 0.493 e. The summed E-state index contributed by atoms with van der Waals surface area (Å²) in [4.78, 5) is 47.8. The SMILES string of the molecule is CCOc1cc(C(C)(C)C)ncc1/C(=N/C(C)(C)C1C=CC(Cl)=CC1)N(Cc1ccc(Cl)cc1)C(=O)N1CCN(CC(=O)NCc2cccnc2)CC1. The molecule has 282 valence electrons. The summed E-state index contributed by atoms with van der Waals surface area (Å²) in [7, 11) is 0. The molecule has 3 aromatic rings. The number of carbonyl (C=O) groups excluding carboxylic acids is 2. The molecule has 12 heteroatoms. The van der Waals surface area contributed by atoms with E-state index in [9.17, 15) is 9.59 Å². The molecule has 1 N–H and O–H groups in total. The first-order valence-corrected chi connectivity index (χ1v) is 19.0. The lowest BCUT2D eigenvalue weighted by atomic mass is 9.83. The van der Waals surface area contributed by atoms with Crippen molar-refractivity contribution in [3.63, 3.8) is 0 Å². The van der Waals surface area contributed by atoms with Crippen molar-refractivity contribution in [2.24, 2.45) is 10.9 Å². The summed E-state index contributed by atoms with van der Waals surface area (Å²) < 4.78 is 6.29. The number of amides is 3. The first kappa shape index (κ1) is 39.9. The van der Waals surface area contributed by atoms with Gasteiger partial charge in [-0.1, -0.05) is 74.3 Å². The van der Waals surface area contributed by atoms with Gasteiger partial charge in [0.2, 0.25) is 5.91 Å². The zero-order valence-electron chi connectivity index (χ0n) is 31.6. The molecule has 0 spiro atoms. The molecule has 2 aromatic heterocycles. The normalized spacial score (nSPS) is 17.0. The number of nitrogens with one attached hydrogen (secondary N) is 1. The summed E-state index contributed by atoms with van der Waals surface area (Å²) in [5, 5.41) is 4.28. The van der Waals surface area contributed by atoms with E-state index in [-0.39, 0.29) is 36.4 Å². The molecule has 1 aliphatic heterocycles. The maximum atomic E-state index is 14.9. The van der Waals surface area contributed by atoms with Gasteiger partial charge in [-0.2, -0.15) is 0 Å². The molecule has 1 saturated heterocycles. The minimum absolute atomic E-state index is 0.0256. The molecule has 0 radical (unpaired) electrons. The Balaban J connectivity index is 1.48. The molecule has 0 bridgehead atoms. The number of amidine groups is 1. The minimum Gasteiger partial charge on any atom is -0.493 e. The van der Waals surface area contributed by atoms with E-state index in [2.05, 4.69) is 55.9 Å². The second kappa shape index (κ2) is 17.7. The van der Waals surface area contributed by atoms with Gasteiger partial charge in [-0.15, -0.1) is 0 Å². The number of nitrogens with zero attached hydrogens (tertiary/aromatic N) is 6. The smallest absolute Gasteiger partial charge is 0.326 e. The fourth-order valence-electron chi connectivity index (χ4n) is 6.27. The summed E-state index contributed by atoms with van der Waals surface area (Å²) in [6.07, 6.45) is 11.9. The molecule has 5 rings (SSSR count). The Morgan fingerprint density at radius 1 is 1.02 bits per heavy atom. The van der Waals surface area contributed by atoms with E-state index in [1.54, 1.807) is 23.5 Å². The molecule has 1 fully saturated rings. The number of hydrogen-bond donors (Lipinski definition) is 1. The van der Waals surface area contributed by atoms with Gasteiger partial charge in [0.15, 0.2) is 0 Å². The molecule has 1 unspecified atom stereocenters. The molecule has 1 atom stereocenters. The molecule has 0 saturated carbocycles. The molecule has 10 nitrogen and oxygen atoms in total. The molecule has 3 amide bonds. The zero-order valence-corrected chi connectivity index (χ0v) is 33.1.